The van der Waals surface area contributed by atoms with Crippen LogP contribution >= 0.6 is 0 Å². The van der Waals surface area contributed by atoms with Crippen molar-refractivity contribution in [1.82, 2.24) is 0 Å². The second-order valence-corrected chi connectivity index (χ2v) is 8.73. The van der Waals surface area contributed by atoms with Crippen molar-refractivity contribution in [2.45, 2.75) is 75.2 Å². The Kier molecular flexibility index (Phi) is 7.03. The van der Waals surface area contributed by atoms with E-state index in [1.165, 1.54) is 0 Å². The summed E-state index contributed by atoms with van der Waals surface area (Å²) in [6.07, 6.45) is 0.270. The molecule has 0 saturated carbocycles. The first kappa shape index (κ1) is 19.1. The van der Waals surface area contributed by atoms with Crippen LogP contribution in [0.25, 0.3) is 0 Å². The molecule has 0 heterocycles. The fourth-order valence-electron chi connectivity index (χ4n) is 2.41. The fraction of sp³-hybridized carbons (Fsp3) is 0.647. The summed E-state index contributed by atoms with van der Waals surface area (Å²) in [7, 11) is -3.30. The quantitative estimate of drug-likeness (QED) is 0.769. The molecule has 0 radical (unpaired) electrons. The van der Waals surface area contributed by atoms with Crippen LogP contribution in [0.2, 0.25) is 0 Å². The Morgan fingerprint density at radius 3 is 2.27 bits per heavy atom. The van der Waals surface area contributed by atoms with E-state index < -0.39 is 27.3 Å². The standard InChI is InChI=1S/C17H28O4S/c1-5-7-16(18)17(19)10-13(4)14-8-6-9-15(11-14)22(20,21)12(2)3/h6,8-9,11-13,16-19H,5,7,10H2,1-4H3. The van der Waals surface area contributed by atoms with E-state index in [0.717, 1.165) is 12.0 Å². The van der Waals surface area contributed by atoms with Crippen LogP contribution in [0.15, 0.2) is 29.2 Å². The second kappa shape index (κ2) is 8.09. The minimum atomic E-state index is -3.30. The van der Waals surface area contributed by atoms with E-state index >= 15 is 0 Å². The maximum atomic E-state index is 12.2. The molecule has 0 amide bonds. The fourth-order valence-corrected chi connectivity index (χ4v) is 3.53. The van der Waals surface area contributed by atoms with Crippen molar-refractivity contribution in [3.63, 3.8) is 0 Å². The van der Waals surface area contributed by atoms with Crippen molar-refractivity contribution in [3.05, 3.63) is 29.8 Å². The topological polar surface area (TPSA) is 74.6 Å². The largest absolute Gasteiger partial charge is 0.390 e. The Morgan fingerprint density at radius 1 is 1.09 bits per heavy atom. The molecule has 126 valence electrons. The zero-order valence-electron chi connectivity index (χ0n) is 13.9. The lowest BCUT2D eigenvalue weighted by molar-refractivity contribution is 0.00637. The molecule has 0 aliphatic heterocycles. The molecule has 4 nitrogen and oxygen atoms in total. The molecule has 0 saturated heterocycles. The van der Waals surface area contributed by atoms with Gasteiger partial charge in [-0.3, -0.25) is 0 Å². The number of aliphatic hydroxyl groups is 2. The highest BCUT2D eigenvalue weighted by Crippen LogP contribution is 2.26. The Labute approximate surface area is 134 Å². The normalized spacial score (nSPS) is 16.5. The van der Waals surface area contributed by atoms with Crippen LogP contribution in [0.4, 0.5) is 0 Å². The molecule has 1 rings (SSSR count). The van der Waals surface area contributed by atoms with Crippen LogP contribution in [0.1, 0.15) is 58.4 Å². The van der Waals surface area contributed by atoms with Crippen LogP contribution in [0.3, 0.4) is 0 Å². The van der Waals surface area contributed by atoms with E-state index in [9.17, 15) is 18.6 Å². The average Bonchev–Trinajstić information content (AvgIpc) is 2.47. The third-order valence-corrected chi connectivity index (χ3v) is 6.15. The number of sulfone groups is 1. The first-order valence-electron chi connectivity index (χ1n) is 7.90. The molecule has 0 aliphatic rings. The molecule has 0 fully saturated rings. The predicted octanol–water partition coefficient (Wildman–Crippen LogP) is 2.88. The SMILES string of the molecule is CCCC(O)C(O)CC(C)c1cccc(S(=O)(=O)C(C)C)c1. The Hall–Kier alpha value is -0.910. The molecule has 1 aromatic carbocycles. The van der Waals surface area contributed by atoms with Crippen molar-refractivity contribution >= 4 is 9.84 Å². The minimum Gasteiger partial charge on any atom is -0.390 e. The molecule has 2 N–H and O–H groups in total. The van der Waals surface area contributed by atoms with Gasteiger partial charge in [-0.2, -0.15) is 0 Å². The van der Waals surface area contributed by atoms with Gasteiger partial charge in [0.1, 0.15) is 0 Å². The van der Waals surface area contributed by atoms with Crippen LogP contribution < -0.4 is 0 Å². The maximum absolute atomic E-state index is 12.2. The van der Waals surface area contributed by atoms with E-state index in [0.29, 0.717) is 17.7 Å². The third-order valence-electron chi connectivity index (χ3n) is 4.00. The second-order valence-electron chi connectivity index (χ2n) is 6.23. The summed E-state index contributed by atoms with van der Waals surface area (Å²) in [5.74, 6) is -0.0242. The van der Waals surface area contributed by atoms with Gasteiger partial charge in [-0.25, -0.2) is 8.42 Å². The van der Waals surface area contributed by atoms with Gasteiger partial charge in [0.15, 0.2) is 9.84 Å². The molecule has 0 aliphatic carbocycles. The van der Waals surface area contributed by atoms with Gasteiger partial charge in [0.25, 0.3) is 0 Å². The zero-order valence-corrected chi connectivity index (χ0v) is 14.7. The summed E-state index contributed by atoms with van der Waals surface area (Å²) in [5, 5.41) is 19.4. The summed E-state index contributed by atoms with van der Waals surface area (Å²) in [4.78, 5) is 0.315. The van der Waals surface area contributed by atoms with E-state index in [1.54, 1.807) is 32.0 Å². The van der Waals surface area contributed by atoms with Gasteiger partial charge < -0.3 is 10.2 Å². The van der Waals surface area contributed by atoms with Crippen molar-refractivity contribution in [3.8, 4) is 0 Å². The highest BCUT2D eigenvalue weighted by atomic mass is 32.2. The minimum absolute atomic E-state index is 0.0242. The lowest BCUT2D eigenvalue weighted by Gasteiger charge is -2.21. The van der Waals surface area contributed by atoms with Crippen LogP contribution in [-0.4, -0.2) is 36.1 Å². The predicted molar refractivity (Wildman–Crippen MR) is 88.7 cm³/mol. The number of rotatable bonds is 8. The van der Waals surface area contributed by atoms with Crippen molar-refractivity contribution in [2.24, 2.45) is 0 Å². The third kappa shape index (κ3) is 4.80. The summed E-state index contributed by atoms with van der Waals surface area (Å²) in [6.45, 7) is 7.22. The Balaban J connectivity index is 2.90. The summed E-state index contributed by atoms with van der Waals surface area (Å²) in [6, 6.07) is 6.88. The lowest BCUT2D eigenvalue weighted by atomic mass is 9.92. The summed E-state index contributed by atoms with van der Waals surface area (Å²) < 4.78 is 24.5. The monoisotopic (exact) mass is 328 g/mol. The molecule has 0 bridgehead atoms. The number of aliphatic hydroxyl groups excluding tert-OH is 2. The Bertz CT molecular complexity index is 566. The first-order valence-corrected chi connectivity index (χ1v) is 9.44. The van der Waals surface area contributed by atoms with Gasteiger partial charge in [-0.05, 0) is 50.3 Å². The van der Waals surface area contributed by atoms with Gasteiger partial charge >= 0.3 is 0 Å². The van der Waals surface area contributed by atoms with Crippen LogP contribution in [0, 0.1) is 0 Å². The first-order chi connectivity index (χ1) is 10.2. The summed E-state index contributed by atoms with van der Waals surface area (Å²) in [5.41, 5.74) is 0.865. The summed E-state index contributed by atoms with van der Waals surface area (Å²) >= 11 is 0. The average molecular weight is 328 g/mol. The van der Waals surface area contributed by atoms with Gasteiger partial charge in [0.2, 0.25) is 0 Å². The Morgan fingerprint density at radius 2 is 1.73 bits per heavy atom. The van der Waals surface area contributed by atoms with E-state index in [2.05, 4.69) is 0 Å². The number of benzene rings is 1. The van der Waals surface area contributed by atoms with Gasteiger partial charge in [-0.1, -0.05) is 32.4 Å². The molecule has 22 heavy (non-hydrogen) atoms. The molecule has 0 aromatic heterocycles. The van der Waals surface area contributed by atoms with Crippen LogP contribution in [0.5, 0.6) is 0 Å². The van der Waals surface area contributed by atoms with Gasteiger partial charge in [0.05, 0.1) is 22.4 Å². The number of hydrogen-bond donors (Lipinski definition) is 2. The highest BCUT2D eigenvalue weighted by molar-refractivity contribution is 7.92. The molecule has 3 unspecified atom stereocenters. The van der Waals surface area contributed by atoms with Crippen molar-refractivity contribution in [2.75, 3.05) is 0 Å². The molecular formula is C17H28O4S. The molecule has 0 spiro atoms. The maximum Gasteiger partial charge on any atom is 0.180 e. The van der Waals surface area contributed by atoms with E-state index in [-0.39, 0.29) is 5.92 Å². The number of hydrogen-bond acceptors (Lipinski definition) is 4. The molecule has 1 aromatic rings. The van der Waals surface area contributed by atoms with E-state index in [1.807, 2.05) is 19.9 Å². The smallest absolute Gasteiger partial charge is 0.180 e. The van der Waals surface area contributed by atoms with Gasteiger partial charge in [0, 0.05) is 0 Å². The highest BCUT2D eigenvalue weighted by Gasteiger charge is 2.22. The molecular weight excluding hydrogens is 300 g/mol. The van der Waals surface area contributed by atoms with Crippen LogP contribution in [-0.2, 0) is 9.84 Å². The molecule has 3 atom stereocenters. The molecule has 5 heteroatoms. The van der Waals surface area contributed by atoms with Crippen molar-refractivity contribution < 1.29 is 18.6 Å². The lowest BCUT2D eigenvalue weighted by Crippen LogP contribution is -2.27. The van der Waals surface area contributed by atoms with E-state index in [4.69, 9.17) is 0 Å². The zero-order chi connectivity index (χ0) is 16.9. The van der Waals surface area contributed by atoms with Gasteiger partial charge in [-0.15, -0.1) is 0 Å². The van der Waals surface area contributed by atoms with Crippen molar-refractivity contribution in [1.29, 1.82) is 0 Å².